The Morgan fingerprint density at radius 1 is 0.895 bits per heavy atom. The summed E-state index contributed by atoms with van der Waals surface area (Å²) >= 11 is 6.80. The van der Waals surface area contributed by atoms with E-state index in [1.54, 1.807) is 6.08 Å². The second-order valence-electron chi connectivity index (χ2n) is 4.73. The van der Waals surface area contributed by atoms with Gasteiger partial charge in [0.1, 0.15) is 4.87 Å². The topological polar surface area (TPSA) is 17.1 Å². The molecule has 0 bridgehead atoms. The predicted octanol–water partition coefficient (Wildman–Crippen LogP) is 4.18. The Morgan fingerprint density at radius 3 is 2.11 bits per heavy atom. The number of carbonyl (C=O) groups is 1. The summed E-state index contributed by atoms with van der Waals surface area (Å²) in [5, 5.41) is 0. The Hall–Kier alpha value is -1.86. The summed E-state index contributed by atoms with van der Waals surface area (Å²) in [6.07, 6.45) is 2.00. The van der Waals surface area contributed by atoms with Crippen molar-refractivity contribution in [3.8, 4) is 0 Å². The third-order valence-electron chi connectivity index (χ3n) is 3.47. The normalized spacial score (nSPS) is 22.4. The maximum Gasteiger partial charge on any atom is 0.158 e. The van der Waals surface area contributed by atoms with Crippen LogP contribution >= 0.6 is 11.6 Å². The molecule has 0 amide bonds. The first-order valence-electron chi connectivity index (χ1n) is 6.25. The molecule has 1 aliphatic carbocycles. The van der Waals surface area contributed by atoms with Crippen molar-refractivity contribution in [2.45, 2.75) is 11.3 Å². The molecule has 19 heavy (non-hydrogen) atoms. The average molecular weight is 269 g/mol. The molecule has 3 rings (SSSR count). The first-order chi connectivity index (χ1) is 9.20. The molecular formula is C17H13ClO. The van der Waals surface area contributed by atoms with Crippen molar-refractivity contribution in [3.63, 3.8) is 0 Å². The van der Waals surface area contributed by atoms with Gasteiger partial charge in [0.25, 0.3) is 0 Å². The van der Waals surface area contributed by atoms with Gasteiger partial charge >= 0.3 is 0 Å². The van der Waals surface area contributed by atoms with Gasteiger partial charge in [-0.25, -0.2) is 0 Å². The zero-order chi connectivity index (χ0) is 13.3. The number of carbonyl (C=O) groups excluding carboxylic acids is 1. The van der Waals surface area contributed by atoms with Gasteiger partial charge in [-0.1, -0.05) is 60.7 Å². The van der Waals surface area contributed by atoms with Crippen molar-refractivity contribution in [2.24, 2.45) is 0 Å². The van der Waals surface area contributed by atoms with Crippen LogP contribution < -0.4 is 0 Å². The number of hydrogen-bond acceptors (Lipinski definition) is 1. The van der Waals surface area contributed by atoms with Crippen LogP contribution in [0.15, 0.2) is 66.7 Å². The van der Waals surface area contributed by atoms with E-state index in [1.165, 1.54) is 0 Å². The van der Waals surface area contributed by atoms with Crippen LogP contribution in [0.2, 0.25) is 0 Å². The molecule has 0 saturated carbocycles. The number of allylic oxidation sites excluding steroid dienone is 2. The van der Waals surface area contributed by atoms with E-state index < -0.39 is 4.87 Å². The molecule has 0 aromatic heterocycles. The minimum atomic E-state index is -0.736. The Labute approximate surface area is 117 Å². The summed E-state index contributed by atoms with van der Waals surface area (Å²) in [7, 11) is 0. The van der Waals surface area contributed by atoms with E-state index in [-0.39, 0.29) is 5.78 Å². The Morgan fingerprint density at radius 2 is 1.47 bits per heavy atom. The van der Waals surface area contributed by atoms with Crippen LogP contribution in [-0.2, 0) is 9.67 Å². The summed E-state index contributed by atoms with van der Waals surface area (Å²) in [4.78, 5) is 11.1. The van der Waals surface area contributed by atoms with Gasteiger partial charge in [-0.2, -0.15) is 0 Å². The summed E-state index contributed by atoms with van der Waals surface area (Å²) in [6.45, 7) is 0. The third-order valence-corrected chi connectivity index (χ3v) is 4.02. The molecule has 1 atom stereocenters. The van der Waals surface area contributed by atoms with Gasteiger partial charge in [0.05, 0.1) is 0 Å². The van der Waals surface area contributed by atoms with Gasteiger partial charge in [0.2, 0.25) is 0 Å². The van der Waals surface area contributed by atoms with Gasteiger partial charge in [0.15, 0.2) is 5.78 Å². The zero-order valence-corrected chi connectivity index (χ0v) is 11.1. The van der Waals surface area contributed by atoms with E-state index in [4.69, 9.17) is 11.6 Å². The van der Waals surface area contributed by atoms with Crippen LogP contribution in [0.3, 0.4) is 0 Å². The largest absolute Gasteiger partial charge is 0.295 e. The molecule has 0 spiro atoms. The van der Waals surface area contributed by atoms with Crippen molar-refractivity contribution in [1.82, 2.24) is 0 Å². The van der Waals surface area contributed by atoms with E-state index in [9.17, 15) is 4.79 Å². The first kappa shape index (κ1) is 12.2. The van der Waals surface area contributed by atoms with Crippen LogP contribution in [0.5, 0.6) is 0 Å². The number of ketones is 1. The quantitative estimate of drug-likeness (QED) is 0.747. The Bertz CT molecular complexity index is 631. The molecule has 0 N–H and O–H groups in total. The smallest absolute Gasteiger partial charge is 0.158 e. The van der Waals surface area contributed by atoms with Crippen LogP contribution in [0.1, 0.15) is 17.5 Å². The average Bonchev–Trinajstić information content (AvgIpc) is 2.77. The van der Waals surface area contributed by atoms with Gasteiger partial charge in [-0.15, -0.1) is 11.6 Å². The minimum Gasteiger partial charge on any atom is -0.295 e. The van der Waals surface area contributed by atoms with E-state index in [1.807, 2.05) is 60.7 Å². The second kappa shape index (κ2) is 4.67. The highest BCUT2D eigenvalue weighted by atomic mass is 35.5. The van der Waals surface area contributed by atoms with E-state index in [0.717, 1.165) is 16.7 Å². The number of alkyl halides is 1. The standard InChI is InChI=1S/C17H13ClO/c18-17(14-9-5-2-6-10-14)12-15(19)11-16(17)13-7-3-1-4-8-13/h1-11H,12H2. The predicted molar refractivity (Wildman–Crippen MR) is 78.0 cm³/mol. The third kappa shape index (κ3) is 2.11. The molecule has 1 aliphatic rings. The fraction of sp³-hybridized carbons (Fsp3) is 0.118. The Kier molecular flexibility index (Phi) is 3.00. The van der Waals surface area contributed by atoms with Crippen LogP contribution in [-0.4, -0.2) is 5.78 Å². The highest BCUT2D eigenvalue weighted by Crippen LogP contribution is 2.48. The van der Waals surface area contributed by atoms with Crippen LogP contribution in [0, 0.1) is 0 Å². The summed E-state index contributed by atoms with van der Waals surface area (Å²) in [6, 6.07) is 19.7. The SMILES string of the molecule is O=C1C=C(c2ccccc2)C(Cl)(c2ccccc2)C1. The first-order valence-corrected chi connectivity index (χ1v) is 6.63. The van der Waals surface area contributed by atoms with Crippen LogP contribution in [0.25, 0.3) is 5.57 Å². The van der Waals surface area contributed by atoms with Crippen molar-refractivity contribution in [3.05, 3.63) is 77.9 Å². The fourth-order valence-electron chi connectivity index (χ4n) is 2.55. The number of benzene rings is 2. The van der Waals surface area contributed by atoms with E-state index in [2.05, 4.69) is 0 Å². The molecule has 2 aromatic rings. The van der Waals surface area contributed by atoms with Crippen molar-refractivity contribution >= 4 is 23.0 Å². The summed E-state index contributed by atoms with van der Waals surface area (Å²) < 4.78 is 0. The lowest BCUT2D eigenvalue weighted by atomic mass is 9.87. The maximum absolute atomic E-state index is 11.9. The zero-order valence-electron chi connectivity index (χ0n) is 10.3. The molecule has 0 aliphatic heterocycles. The van der Waals surface area contributed by atoms with E-state index in [0.29, 0.717) is 6.42 Å². The lowest BCUT2D eigenvalue weighted by Crippen LogP contribution is -2.18. The lowest BCUT2D eigenvalue weighted by Gasteiger charge is -2.25. The molecular weight excluding hydrogens is 256 g/mol. The van der Waals surface area contributed by atoms with Gasteiger partial charge in [-0.3, -0.25) is 4.79 Å². The number of halogens is 1. The highest BCUT2D eigenvalue weighted by molar-refractivity contribution is 6.34. The molecule has 2 heteroatoms. The summed E-state index contributed by atoms with van der Waals surface area (Å²) in [5.41, 5.74) is 2.87. The van der Waals surface area contributed by atoms with Crippen molar-refractivity contribution in [1.29, 1.82) is 0 Å². The molecule has 2 aromatic carbocycles. The monoisotopic (exact) mass is 268 g/mol. The van der Waals surface area contributed by atoms with Gasteiger partial charge in [-0.05, 0) is 22.8 Å². The molecule has 94 valence electrons. The minimum absolute atomic E-state index is 0.0812. The molecule has 0 heterocycles. The Balaban J connectivity index is 2.12. The van der Waals surface area contributed by atoms with Crippen molar-refractivity contribution < 1.29 is 4.79 Å². The van der Waals surface area contributed by atoms with E-state index >= 15 is 0 Å². The second-order valence-corrected chi connectivity index (χ2v) is 5.38. The highest BCUT2D eigenvalue weighted by Gasteiger charge is 2.41. The summed E-state index contributed by atoms with van der Waals surface area (Å²) in [5.74, 6) is 0.0812. The van der Waals surface area contributed by atoms with Gasteiger partial charge < -0.3 is 0 Å². The molecule has 0 saturated heterocycles. The van der Waals surface area contributed by atoms with Crippen LogP contribution in [0.4, 0.5) is 0 Å². The van der Waals surface area contributed by atoms with Gasteiger partial charge in [0, 0.05) is 6.42 Å². The number of rotatable bonds is 2. The molecule has 0 radical (unpaired) electrons. The molecule has 1 nitrogen and oxygen atoms in total. The molecule has 0 fully saturated rings. The lowest BCUT2D eigenvalue weighted by molar-refractivity contribution is -0.114. The van der Waals surface area contributed by atoms with Crippen molar-refractivity contribution in [2.75, 3.05) is 0 Å². The fourth-order valence-corrected chi connectivity index (χ4v) is 2.97. The molecule has 1 unspecified atom stereocenters. The number of hydrogen-bond donors (Lipinski definition) is 0. The maximum atomic E-state index is 11.9.